The molecular formula is C18H17N3O4S. The Labute approximate surface area is 153 Å². The van der Waals surface area contributed by atoms with Gasteiger partial charge >= 0.3 is 0 Å². The first-order chi connectivity index (χ1) is 12.6. The van der Waals surface area contributed by atoms with E-state index in [1.165, 1.54) is 4.57 Å². The van der Waals surface area contributed by atoms with E-state index < -0.39 is 0 Å². The molecule has 1 fully saturated rings. The summed E-state index contributed by atoms with van der Waals surface area (Å²) < 4.78 is 12.3. The lowest BCUT2D eigenvalue weighted by Gasteiger charge is -2.26. The van der Waals surface area contributed by atoms with Crippen LogP contribution in [0.2, 0.25) is 0 Å². The van der Waals surface area contributed by atoms with Gasteiger partial charge in [-0.2, -0.15) is 0 Å². The molecule has 1 amide bonds. The van der Waals surface area contributed by atoms with Crippen LogP contribution in [-0.2, 0) is 11.3 Å². The normalized spacial score (nSPS) is 14.7. The van der Waals surface area contributed by atoms with E-state index >= 15 is 0 Å². The molecule has 0 spiro atoms. The molecule has 3 heterocycles. The summed E-state index contributed by atoms with van der Waals surface area (Å²) in [7, 11) is 0. The molecule has 134 valence electrons. The van der Waals surface area contributed by atoms with Crippen molar-refractivity contribution in [3.63, 3.8) is 0 Å². The second-order valence-electron chi connectivity index (χ2n) is 6.07. The number of carbonyl (C=O) groups excluding carboxylic acids is 1. The summed E-state index contributed by atoms with van der Waals surface area (Å²) in [5.74, 6) is 0.569. The number of nitrogens with one attached hydrogen (secondary N) is 1. The number of morpholine rings is 1. The SMILES string of the molecule is O=C(c1ccc2c(=O)n(Cc3ccco3)c(=S)[nH]c2c1)N1CCOCC1. The number of fused-ring (bicyclic) bond motifs is 1. The van der Waals surface area contributed by atoms with Gasteiger partial charge in [-0.15, -0.1) is 0 Å². The Morgan fingerprint density at radius 2 is 2.04 bits per heavy atom. The molecule has 1 aliphatic heterocycles. The van der Waals surface area contributed by atoms with E-state index in [1.807, 2.05) is 0 Å². The fourth-order valence-electron chi connectivity index (χ4n) is 3.04. The van der Waals surface area contributed by atoms with Crippen molar-refractivity contribution in [3.8, 4) is 0 Å². The monoisotopic (exact) mass is 371 g/mol. The van der Waals surface area contributed by atoms with Gasteiger partial charge in [-0.1, -0.05) is 0 Å². The zero-order valence-corrected chi connectivity index (χ0v) is 14.8. The third-order valence-electron chi connectivity index (χ3n) is 4.42. The molecule has 0 bridgehead atoms. The van der Waals surface area contributed by atoms with Gasteiger partial charge in [-0.3, -0.25) is 14.2 Å². The average molecular weight is 371 g/mol. The number of hydrogen-bond donors (Lipinski definition) is 1. The highest BCUT2D eigenvalue weighted by Crippen LogP contribution is 2.14. The Kier molecular flexibility index (Phi) is 4.44. The van der Waals surface area contributed by atoms with E-state index in [0.717, 1.165) is 0 Å². The van der Waals surface area contributed by atoms with Crippen molar-refractivity contribution < 1.29 is 13.9 Å². The van der Waals surface area contributed by atoms with Crippen molar-refractivity contribution in [1.29, 1.82) is 0 Å². The van der Waals surface area contributed by atoms with Gasteiger partial charge in [0.15, 0.2) is 4.77 Å². The van der Waals surface area contributed by atoms with Crippen LogP contribution in [0.5, 0.6) is 0 Å². The maximum absolute atomic E-state index is 12.8. The molecule has 1 N–H and O–H groups in total. The Bertz CT molecular complexity index is 1060. The molecule has 0 radical (unpaired) electrons. The number of benzene rings is 1. The van der Waals surface area contributed by atoms with E-state index in [9.17, 15) is 9.59 Å². The van der Waals surface area contributed by atoms with Crippen molar-refractivity contribution in [2.24, 2.45) is 0 Å². The van der Waals surface area contributed by atoms with E-state index in [-0.39, 0.29) is 22.8 Å². The third-order valence-corrected chi connectivity index (χ3v) is 4.74. The largest absolute Gasteiger partial charge is 0.467 e. The van der Waals surface area contributed by atoms with E-state index in [1.54, 1.807) is 41.5 Å². The number of carbonyl (C=O) groups is 1. The summed E-state index contributed by atoms with van der Waals surface area (Å²) in [5.41, 5.74) is 0.855. The van der Waals surface area contributed by atoms with Gasteiger partial charge in [0.1, 0.15) is 5.76 Å². The number of rotatable bonds is 3. The zero-order chi connectivity index (χ0) is 18.1. The first-order valence-corrected chi connectivity index (χ1v) is 8.70. The Balaban J connectivity index is 1.72. The molecule has 0 atom stereocenters. The molecule has 0 saturated carbocycles. The highest BCUT2D eigenvalue weighted by molar-refractivity contribution is 7.71. The maximum atomic E-state index is 12.8. The second kappa shape index (κ2) is 6.89. The van der Waals surface area contributed by atoms with Crippen LogP contribution >= 0.6 is 12.2 Å². The molecule has 26 heavy (non-hydrogen) atoms. The van der Waals surface area contributed by atoms with Crippen molar-refractivity contribution >= 4 is 29.0 Å². The molecule has 1 aliphatic rings. The number of ether oxygens (including phenoxy) is 1. The number of H-pyrrole nitrogens is 1. The highest BCUT2D eigenvalue weighted by Gasteiger charge is 2.19. The lowest BCUT2D eigenvalue weighted by molar-refractivity contribution is 0.0303. The molecule has 7 nitrogen and oxygen atoms in total. The Hall–Kier alpha value is -2.71. The van der Waals surface area contributed by atoms with Crippen molar-refractivity contribution in [1.82, 2.24) is 14.5 Å². The van der Waals surface area contributed by atoms with Crippen LogP contribution < -0.4 is 5.56 Å². The van der Waals surface area contributed by atoms with Crippen molar-refractivity contribution in [2.45, 2.75) is 6.54 Å². The number of nitrogens with zero attached hydrogens (tertiary/aromatic N) is 2. The molecule has 0 unspecified atom stereocenters. The number of aromatic amines is 1. The maximum Gasteiger partial charge on any atom is 0.262 e. The first kappa shape index (κ1) is 16.7. The predicted octanol–water partition coefficient (Wildman–Crippen LogP) is 2.17. The Morgan fingerprint density at radius 3 is 2.77 bits per heavy atom. The van der Waals surface area contributed by atoms with Crippen LogP contribution in [-0.4, -0.2) is 46.7 Å². The second-order valence-corrected chi connectivity index (χ2v) is 6.45. The smallest absolute Gasteiger partial charge is 0.262 e. The third kappa shape index (κ3) is 3.09. The lowest BCUT2D eigenvalue weighted by Crippen LogP contribution is -2.40. The quantitative estimate of drug-likeness (QED) is 0.714. The van der Waals surface area contributed by atoms with Gasteiger partial charge in [0.25, 0.3) is 11.5 Å². The minimum Gasteiger partial charge on any atom is -0.467 e. The average Bonchev–Trinajstić information content (AvgIpc) is 3.18. The summed E-state index contributed by atoms with van der Waals surface area (Å²) in [4.78, 5) is 30.2. The van der Waals surface area contributed by atoms with Crippen LogP contribution in [0.4, 0.5) is 0 Å². The standard InChI is InChI=1S/C18H17N3O4S/c22-16(20-5-8-24-9-6-20)12-3-4-14-15(10-12)19-18(26)21(17(14)23)11-13-2-1-7-25-13/h1-4,7,10H,5-6,8-9,11H2,(H,19,26). The minimum atomic E-state index is -0.217. The fraction of sp³-hybridized carbons (Fsp3) is 0.278. The molecular weight excluding hydrogens is 354 g/mol. The van der Waals surface area contributed by atoms with Crippen molar-refractivity contribution in [3.05, 3.63) is 63.0 Å². The van der Waals surface area contributed by atoms with Gasteiger partial charge in [0, 0.05) is 18.7 Å². The number of amides is 1. The van der Waals surface area contributed by atoms with Crippen LogP contribution in [0.1, 0.15) is 16.1 Å². The molecule has 2 aromatic heterocycles. The van der Waals surface area contributed by atoms with Crippen LogP contribution in [0.15, 0.2) is 45.8 Å². The predicted molar refractivity (Wildman–Crippen MR) is 97.9 cm³/mol. The van der Waals surface area contributed by atoms with Gasteiger partial charge in [0.2, 0.25) is 0 Å². The van der Waals surface area contributed by atoms with E-state index in [2.05, 4.69) is 4.98 Å². The summed E-state index contributed by atoms with van der Waals surface area (Å²) in [6.07, 6.45) is 1.55. The molecule has 1 aromatic carbocycles. The highest BCUT2D eigenvalue weighted by atomic mass is 32.1. The molecule has 3 aromatic rings. The van der Waals surface area contributed by atoms with Gasteiger partial charge < -0.3 is 19.0 Å². The summed E-state index contributed by atoms with van der Waals surface area (Å²) in [6, 6.07) is 8.57. The molecule has 4 rings (SSSR count). The van der Waals surface area contributed by atoms with E-state index in [4.69, 9.17) is 21.4 Å². The Morgan fingerprint density at radius 1 is 1.23 bits per heavy atom. The van der Waals surface area contributed by atoms with E-state index in [0.29, 0.717) is 48.5 Å². The van der Waals surface area contributed by atoms with Crippen LogP contribution in [0, 0.1) is 4.77 Å². The number of hydrogen-bond acceptors (Lipinski definition) is 5. The van der Waals surface area contributed by atoms with Gasteiger partial charge in [0.05, 0.1) is 36.9 Å². The molecule has 0 aliphatic carbocycles. The molecule has 8 heteroatoms. The van der Waals surface area contributed by atoms with Crippen LogP contribution in [0.3, 0.4) is 0 Å². The van der Waals surface area contributed by atoms with Gasteiger partial charge in [-0.05, 0) is 42.5 Å². The number of furan rings is 1. The first-order valence-electron chi connectivity index (χ1n) is 8.30. The minimum absolute atomic E-state index is 0.0747. The topological polar surface area (TPSA) is 80.5 Å². The van der Waals surface area contributed by atoms with Crippen LogP contribution in [0.25, 0.3) is 10.9 Å². The number of aromatic nitrogens is 2. The summed E-state index contributed by atoms with van der Waals surface area (Å²) in [5, 5.41) is 0.476. The lowest BCUT2D eigenvalue weighted by atomic mass is 10.1. The summed E-state index contributed by atoms with van der Waals surface area (Å²) in [6.45, 7) is 2.47. The fourth-order valence-corrected chi connectivity index (χ4v) is 3.30. The zero-order valence-electron chi connectivity index (χ0n) is 13.9. The summed E-state index contributed by atoms with van der Waals surface area (Å²) >= 11 is 5.33. The molecule has 1 saturated heterocycles. The van der Waals surface area contributed by atoms with Crippen molar-refractivity contribution in [2.75, 3.05) is 26.3 Å². The van der Waals surface area contributed by atoms with Gasteiger partial charge in [-0.25, -0.2) is 0 Å².